The molecule has 0 aliphatic carbocycles. The van der Waals surface area contributed by atoms with Crippen LogP contribution in [0.3, 0.4) is 0 Å². The van der Waals surface area contributed by atoms with Gasteiger partial charge in [-0.05, 0) is 47.5 Å². The summed E-state index contributed by atoms with van der Waals surface area (Å²) in [6, 6.07) is 21.8. The van der Waals surface area contributed by atoms with E-state index >= 15 is 0 Å². The van der Waals surface area contributed by atoms with E-state index in [-0.39, 0.29) is 0 Å². The highest BCUT2D eigenvalue weighted by Crippen LogP contribution is 2.35. The van der Waals surface area contributed by atoms with E-state index in [2.05, 4.69) is 60.7 Å². The fraction of sp³-hybridized carbons (Fsp3) is 0.520. The van der Waals surface area contributed by atoms with Gasteiger partial charge in [0.25, 0.3) is 0 Å². The van der Waals surface area contributed by atoms with Gasteiger partial charge in [0.2, 0.25) is 0 Å². The molecular formula is C25H32F6O4S3. The van der Waals surface area contributed by atoms with Crippen molar-refractivity contribution in [3.8, 4) is 0 Å². The molecule has 4 rings (SSSR count). The molecule has 2 aliphatic rings. The van der Waals surface area contributed by atoms with Gasteiger partial charge < -0.3 is 9.11 Å². The third-order valence-electron chi connectivity index (χ3n) is 5.24. The SMILES string of the molecule is FCC(F)(F)C(F)(F)F.O=S(=O)([O-])[O-].c1ccc(C[S+]2CCCC2)cc1.c1ccc(C[S+]2CCCC2)cc1. The van der Waals surface area contributed by atoms with Crippen LogP contribution in [0.25, 0.3) is 0 Å². The fourth-order valence-electron chi connectivity index (χ4n) is 3.41. The summed E-state index contributed by atoms with van der Waals surface area (Å²) in [5.41, 5.74) is 3.06. The molecule has 0 aromatic heterocycles. The van der Waals surface area contributed by atoms with Gasteiger partial charge in [0.15, 0.2) is 6.67 Å². The molecule has 38 heavy (non-hydrogen) atoms. The summed E-state index contributed by atoms with van der Waals surface area (Å²) in [7, 11) is -3.72. The van der Waals surface area contributed by atoms with Crippen LogP contribution in [-0.2, 0) is 43.7 Å². The van der Waals surface area contributed by atoms with Crippen molar-refractivity contribution >= 4 is 32.2 Å². The topological polar surface area (TPSA) is 80.3 Å². The van der Waals surface area contributed by atoms with E-state index in [0.29, 0.717) is 0 Å². The van der Waals surface area contributed by atoms with E-state index in [0.717, 1.165) is 21.8 Å². The quantitative estimate of drug-likeness (QED) is 0.181. The predicted octanol–water partition coefficient (Wildman–Crippen LogP) is 6.01. The average molecular weight is 607 g/mol. The molecule has 2 heterocycles. The first kappa shape index (κ1) is 34.6. The van der Waals surface area contributed by atoms with E-state index in [9.17, 15) is 26.3 Å². The molecule has 2 aromatic rings. The average Bonchev–Trinajstić information content (AvgIpc) is 3.54. The van der Waals surface area contributed by atoms with Gasteiger partial charge in [0, 0.05) is 21.5 Å². The van der Waals surface area contributed by atoms with E-state index in [1.807, 2.05) is 0 Å². The van der Waals surface area contributed by atoms with Gasteiger partial charge in [-0.15, -0.1) is 0 Å². The maximum Gasteiger partial charge on any atom is 0.456 e. The molecule has 0 N–H and O–H groups in total. The van der Waals surface area contributed by atoms with Crippen molar-refractivity contribution in [2.75, 3.05) is 29.7 Å². The van der Waals surface area contributed by atoms with Crippen molar-refractivity contribution in [1.82, 2.24) is 0 Å². The third kappa shape index (κ3) is 16.5. The van der Waals surface area contributed by atoms with Crippen molar-refractivity contribution in [1.29, 1.82) is 0 Å². The lowest BCUT2D eigenvalue weighted by Gasteiger charge is -2.14. The van der Waals surface area contributed by atoms with Crippen LogP contribution in [0.15, 0.2) is 60.7 Å². The minimum absolute atomic E-state index is 0.722. The lowest BCUT2D eigenvalue weighted by Crippen LogP contribution is -2.38. The molecule has 0 unspecified atom stereocenters. The van der Waals surface area contributed by atoms with Crippen LogP contribution in [0.2, 0.25) is 0 Å². The van der Waals surface area contributed by atoms with Crippen LogP contribution >= 0.6 is 0 Å². The largest absolute Gasteiger partial charge is 0.759 e. The van der Waals surface area contributed by atoms with E-state index in [4.69, 9.17) is 17.5 Å². The standard InChI is InChI=1S/2C11H15S.C3H2F6.H2O4S/c2*1-2-6-11(7-3-1)10-12-8-4-5-9-12;4-1-2(5,6)3(7,8)9;1-5(2,3)4/h2*1-3,6-7H,4-5,8-10H2;1H2;(H2,1,2,3,4)/q2*+1;;/p-2. The lowest BCUT2D eigenvalue weighted by molar-refractivity contribution is -0.286. The Morgan fingerprint density at radius 3 is 1.16 bits per heavy atom. The zero-order valence-corrected chi connectivity index (χ0v) is 23.1. The van der Waals surface area contributed by atoms with E-state index < -0.39 is 29.2 Å². The molecule has 0 saturated carbocycles. The molecule has 0 spiro atoms. The third-order valence-corrected chi connectivity index (χ3v) is 10.2. The molecule has 4 nitrogen and oxygen atoms in total. The second-order valence-corrected chi connectivity index (χ2v) is 13.9. The van der Waals surface area contributed by atoms with Gasteiger partial charge >= 0.3 is 12.1 Å². The summed E-state index contributed by atoms with van der Waals surface area (Å²) < 4.78 is 99.7. The van der Waals surface area contributed by atoms with Gasteiger partial charge in [-0.3, -0.25) is 8.42 Å². The maximum absolute atomic E-state index is 11.2. The molecule has 2 fully saturated rings. The number of hydrogen-bond donors (Lipinski definition) is 0. The summed E-state index contributed by atoms with van der Waals surface area (Å²) >= 11 is 0. The van der Waals surface area contributed by atoms with Gasteiger partial charge in [-0.2, -0.15) is 22.0 Å². The molecule has 0 bridgehead atoms. The summed E-state index contributed by atoms with van der Waals surface area (Å²) in [4.78, 5) is 0. The summed E-state index contributed by atoms with van der Waals surface area (Å²) in [5, 5.41) is 0. The molecule has 0 atom stereocenters. The van der Waals surface area contributed by atoms with Gasteiger partial charge in [0.05, 0.1) is 0 Å². The Morgan fingerprint density at radius 2 is 0.947 bits per heavy atom. The molecule has 0 amide bonds. The molecule has 0 radical (unpaired) electrons. The van der Waals surface area contributed by atoms with Crippen LogP contribution < -0.4 is 0 Å². The van der Waals surface area contributed by atoms with Crippen molar-refractivity contribution < 1.29 is 43.9 Å². The molecule has 2 aliphatic heterocycles. The minimum atomic E-state index is -5.76. The van der Waals surface area contributed by atoms with Crippen LogP contribution in [0.5, 0.6) is 0 Å². The van der Waals surface area contributed by atoms with Crippen molar-refractivity contribution in [2.45, 2.75) is 49.3 Å². The van der Waals surface area contributed by atoms with Crippen molar-refractivity contribution in [2.24, 2.45) is 0 Å². The van der Waals surface area contributed by atoms with Gasteiger partial charge in [0.1, 0.15) is 34.5 Å². The molecular weight excluding hydrogens is 574 g/mol. The monoisotopic (exact) mass is 606 g/mol. The second-order valence-electron chi connectivity index (χ2n) is 8.46. The highest BCUT2D eigenvalue weighted by molar-refractivity contribution is 7.96. The first-order valence-corrected chi connectivity index (χ1v) is 16.5. The summed E-state index contributed by atoms with van der Waals surface area (Å²) in [6.45, 7) is -2.70. The smallest absolute Gasteiger partial charge is 0.456 e. The zero-order chi connectivity index (χ0) is 28.7. The Labute approximate surface area is 226 Å². The lowest BCUT2D eigenvalue weighted by atomic mass is 10.2. The van der Waals surface area contributed by atoms with Crippen LogP contribution in [0.1, 0.15) is 36.8 Å². The highest BCUT2D eigenvalue weighted by atomic mass is 32.3. The van der Waals surface area contributed by atoms with Crippen LogP contribution in [0, 0.1) is 0 Å². The van der Waals surface area contributed by atoms with E-state index in [1.54, 1.807) is 0 Å². The Hall–Kier alpha value is -1.41. The first-order valence-electron chi connectivity index (χ1n) is 11.7. The van der Waals surface area contributed by atoms with Gasteiger partial charge in [-0.1, -0.05) is 60.7 Å². The van der Waals surface area contributed by atoms with Crippen LogP contribution in [0.4, 0.5) is 26.3 Å². The molecule has 13 heteroatoms. The van der Waals surface area contributed by atoms with E-state index in [1.165, 1.54) is 71.3 Å². The normalized spacial score (nSPS) is 16.4. The number of halogens is 6. The van der Waals surface area contributed by atoms with Crippen molar-refractivity contribution in [3.05, 3.63) is 71.8 Å². The maximum atomic E-state index is 11.2. The Morgan fingerprint density at radius 1 is 0.658 bits per heavy atom. The number of rotatable bonds is 5. The fourth-order valence-corrected chi connectivity index (χ4v) is 8.18. The zero-order valence-electron chi connectivity index (χ0n) is 20.7. The van der Waals surface area contributed by atoms with Crippen molar-refractivity contribution in [3.63, 3.8) is 0 Å². The first-order chi connectivity index (χ1) is 17.7. The second kappa shape index (κ2) is 17.3. The minimum Gasteiger partial charge on any atom is -0.759 e. The number of benzene rings is 2. The Kier molecular flexibility index (Phi) is 15.8. The molecule has 2 saturated heterocycles. The molecule has 216 valence electrons. The Balaban J connectivity index is 0.000000265. The summed E-state index contributed by atoms with van der Waals surface area (Å²) in [6.07, 6.45) is 0.111. The summed E-state index contributed by atoms with van der Waals surface area (Å²) in [5.74, 6) is 3.41. The number of alkyl halides is 6. The highest BCUT2D eigenvalue weighted by Gasteiger charge is 2.57. The predicted molar refractivity (Wildman–Crippen MR) is 140 cm³/mol. The Bertz CT molecular complexity index is 920. The molecule has 2 aromatic carbocycles. The number of hydrogen-bond acceptors (Lipinski definition) is 4. The van der Waals surface area contributed by atoms with Crippen LogP contribution in [-0.4, -0.2) is 59.3 Å². The van der Waals surface area contributed by atoms with Gasteiger partial charge in [-0.25, -0.2) is 4.39 Å².